The lowest BCUT2D eigenvalue weighted by atomic mass is 9.99. The predicted octanol–water partition coefficient (Wildman–Crippen LogP) is 2.06. The maximum atomic E-state index is 12.8. The molecular formula is C22H30N8O. The lowest BCUT2D eigenvalue weighted by Crippen LogP contribution is -2.34. The third-order valence-electron chi connectivity index (χ3n) is 5.98. The Kier molecular flexibility index (Phi) is 6.41. The van der Waals surface area contributed by atoms with Gasteiger partial charge in [0.2, 0.25) is 5.91 Å². The number of rotatable bonds is 7. The maximum Gasteiger partial charge on any atom is 0.244 e. The second-order valence-corrected chi connectivity index (χ2v) is 8.54. The van der Waals surface area contributed by atoms with Crippen LogP contribution in [0.15, 0.2) is 36.7 Å². The Morgan fingerprint density at radius 1 is 1.23 bits per heavy atom. The van der Waals surface area contributed by atoms with Gasteiger partial charge in [0, 0.05) is 25.4 Å². The summed E-state index contributed by atoms with van der Waals surface area (Å²) in [5.41, 5.74) is 3.16. The molecule has 4 rings (SSSR count). The van der Waals surface area contributed by atoms with E-state index in [2.05, 4.69) is 45.4 Å². The van der Waals surface area contributed by atoms with Crippen molar-refractivity contribution in [2.24, 2.45) is 5.92 Å². The average Bonchev–Trinajstić information content (AvgIpc) is 3.39. The van der Waals surface area contributed by atoms with Crippen LogP contribution in [-0.4, -0.2) is 65.8 Å². The zero-order valence-electron chi connectivity index (χ0n) is 18.5. The van der Waals surface area contributed by atoms with Crippen LogP contribution in [0.25, 0.3) is 5.69 Å². The summed E-state index contributed by atoms with van der Waals surface area (Å²) < 4.78 is 3.47. The lowest BCUT2D eigenvalue weighted by molar-refractivity contribution is -0.131. The largest absolute Gasteiger partial charge is 0.340 e. The van der Waals surface area contributed by atoms with Gasteiger partial charge in [0.05, 0.1) is 18.4 Å². The summed E-state index contributed by atoms with van der Waals surface area (Å²) in [6, 6.07) is 8.09. The first kappa shape index (κ1) is 21.2. The molecule has 0 unspecified atom stereocenters. The van der Waals surface area contributed by atoms with E-state index in [1.165, 1.54) is 12.8 Å². The van der Waals surface area contributed by atoms with Crippen molar-refractivity contribution < 1.29 is 4.79 Å². The van der Waals surface area contributed by atoms with Crippen LogP contribution in [0.5, 0.6) is 0 Å². The van der Waals surface area contributed by atoms with E-state index in [1.54, 1.807) is 22.8 Å². The number of carbonyl (C=O) groups is 1. The van der Waals surface area contributed by atoms with Crippen LogP contribution >= 0.6 is 0 Å². The van der Waals surface area contributed by atoms with Gasteiger partial charge in [-0.05, 0) is 60.8 Å². The molecule has 0 N–H and O–H groups in total. The molecule has 1 aromatic carbocycles. The summed E-state index contributed by atoms with van der Waals surface area (Å²) in [5, 5.41) is 16.4. The Balaban J connectivity index is 1.35. The van der Waals surface area contributed by atoms with Crippen molar-refractivity contribution in [1.29, 1.82) is 0 Å². The van der Waals surface area contributed by atoms with E-state index in [0.717, 1.165) is 41.6 Å². The Morgan fingerprint density at radius 2 is 2.00 bits per heavy atom. The number of benzene rings is 1. The molecule has 9 nitrogen and oxygen atoms in total. The number of aromatic nitrogens is 6. The van der Waals surface area contributed by atoms with Crippen molar-refractivity contribution in [3.63, 3.8) is 0 Å². The summed E-state index contributed by atoms with van der Waals surface area (Å²) in [6.45, 7) is 7.74. The molecule has 0 saturated carbocycles. The average molecular weight is 423 g/mol. The molecule has 0 bridgehead atoms. The van der Waals surface area contributed by atoms with Crippen molar-refractivity contribution in [1.82, 2.24) is 39.8 Å². The minimum atomic E-state index is -0.0375. The van der Waals surface area contributed by atoms with Gasteiger partial charge < -0.3 is 4.90 Å². The third kappa shape index (κ3) is 5.16. The monoisotopic (exact) mass is 422 g/mol. The molecule has 0 atom stereocenters. The van der Waals surface area contributed by atoms with Gasteiger partial charge in [0.15, 0.2) is 5.82 Å². The van der Waals surface area contributed by atoms with Gasteiger partial charge in [0.1, 0.15) is 6.54 Å². The first-order chi connectivity index (χ1) is 15.0. The van der Waals surface area contributed by atoms with Gasteiger partial charge in [-0.1, -0.05) is 25.1 Å². The van der Waals surface area contributed by atoms with Gasteiger partial charge in [-0.15, -0.1) is 5.10 Å². The number of hydrogen-bond acceptors (Lipinski definition) is 6. The van der Waals surface area contributed by atoms with Crippen molar-refractivity contribution in [3.8, 4) is 5.69 Å². The summed E-state index contributed by atoms with van der Waals surface area (Å²) >= 11 is 0. The van der Waals surface area contributed by atoms with Gasteiger partial charge in [-0.25, -0.2) is 9.36 Å². The first-order valence-corrected chi connectivity index (χ1v) is 10.8. The smallest absolute Gasteiger partial charge is 0.244 e. The number of nitrogens with zero attached hydrogens (tertiary/aromatic N) is 8. The van der Waals surface area contributed by atoms with Crippen LogP contribution in [-0.2, 0) is 24.4 Å². The molecule has 1 amide bonds. The molecular weight excluding hydrogens is 392 g/mol. The fourth-order valence-corrected chi connectivity index (χ4v) is 3.88. The van der Waals surface area contributed by atoms with E-state index in [-0.39, 0.29) is 12.5 Å². The Morgan fingerprint density at radius 3 is 2.77 bits per heavy atom. The highest BCUT2D eigenvalue weighted by molar-refractivity contribution is 5.75. The number of amides is 1. The van der Waals surface area contributed by atoms with E-state index in [4.69, 9.17) is 0 Å². The van der Waals surface area contributed by atoms with Gasteiger partial charge in [-0.2, -0.15) is 5.10 Å². The minimum absolute atomic E-state index is 0.0375. The highest BCUT2D eigenvalue weighted by Crippen LogP contribution is 2.17. The zero-order valence-corrected chi connectivity index (χ0v) is 18.5. The quantitative estimate of drug-likeness (QED) is 0.579. The normalized spacial score (nSPS) is 15.3. The van der Waals surface area contributed by atoms with Gasteiger partial charge in [0.25, 0.3) is 0 Å². The summed E-state index contributed by atoms with van der Waals surface area (Å²) in [4.78, 5) is 16.8. The summed E-state index contributed by atoms with van der Waals surface area (Å²) in [6.07, 6.45) is 6.15. The van der Waals surface area contributed by atoms with E-state index in [0.29, 0.717) is 13.1 Å². The molecule has 9 heteroatoms. The second kappa shape index (κ2) is 9.38. The number of para-hydroxylation sites is 1. The van der Waals surface area contributed by atoms with E-state index in [1.807, 2.05) is 29.1 Å². The fourth-order valence-electron chi connectivity index (χ4n) is 3.88. The van der Waals surface area contributed by atoms with Crippen LogP contribution < -0.4 is 0 Å². The number of hydrogen-bond donors (Lipinski definition) is 0. The topological polar surface area (TPSA) is 85.0 Å². The van der Waals surface area contributed by atoms with E-state index in [9.17, 15) is 4.79 Å². The third-order valence-corrected chi connectivity index (χ3v) is 5.98. The van der Waals surface area contributed by atoms with Crippen LogP contribution in [0.4, 0.5) is 0 Å². The van der Waals surface area contributed by atoms with Crippen LogP contribution in [0, 0.1) is 12.8 Å². The molecule has 31 heavy (non-hydrogen) atoms. The molecule has 1 aliphatic heterocycles. The number of likely N-dealkylation sites (tertiary alicyclic amines) is 1. The molecule has 0 spiro atoms. The molecule has 1 saturated heterocycles. The number of likely N-dealkylation sites (N-methyl/N-ethyl adjacent to an activating group) is 1. The van der Waals surface area contributed by atoms with Crippen molar-refractivity contribution in [2.75, 3.05) is 20.1 Å². The Hall–Kier alpha value is -3.07. The minimum Gasteiger partial charge on any atom is -0.340 e. The number of aryl methyl sites for hydroxylation is 1. The van der Waals surface area contributed by atoms with Crippen LogP contribution in [0.3, 0.4) is 0 Å². The van der Waals surface area contributed by atoms with Crippen LogP contribution in [0.2, 0.25) is 0 Å². The predicted molar refractivity (Wildman–Crippen MR) is 116 cm³/mol. The Labute approximate surface area is 182 Å². The molecule has 2 aromatic heterocycles. The standard InChI is InChI=1S/C22H30N8O/c1-17-8-10-28(11-9-17)15-21-24-25-26-30(21)16-22(31)27(3)13-19-12-23-29(14-19)20-7-5-4-6-18(20)2/h4-7,12,14,17H,8-11,13,15-16H2,1-3H3. The highest BCUT2D eigenvalue weighted by atomic mass is 16.2. The number of piperidine rings is 1. The highest BCUT2D eigenvalue weighted by Gasteiger charge is 2.20. The molecule has 1 fully saturated rings. The first-order valence-electron chi connectivity index (χ1n) is 10.8. The molecule has 3 heterocycles. The number of tetrazole rings is 1. The van der Waals surface area contributed by atoms with Crippen molar-refractivity contribution in [3.05, 3.63) is 53.6 Å². The summed E-state index contributed by atoms with van der Waals surface area (Å²) in [7, 11) is 1.80. The number of carbonyl (C=O) groups excluding carboxylic acids is 1. The van der Waals surface area contributed by atoms with Crippen molar-refractivity contribution in [2.45, 2.75) is 46.3 Å². The molecule has 1 aliphatic rings. The lowest BCUT2D eigenvalue weighted by Gasteiger charge is -2.29. The molecule has 3 aromatic rings. The Bertz CT molecular complexity index is 1020. The molecule has 0 aliphatic carbocycles. The summed E-state index contributed by atoms with van der Waals surface area (Å²) in [5.74, 6) is 1.48. The van der Waals surface area contributed by atoms with Gasteiger partial charge in [-0.3, -0.25) is 9.69 Å². The molecule has 164 valence electrons. The maximum absolute atomic E-state index is 12.8. The fraction of sp³-hybridized carbons (Fsp3) is 0.500. The SMILES string of the molecule is Cc1ccccc1-n1cc(CN(C)C(=O)Cn2nnnc2CN2CCC(C)CC2)cn1. The zero-order chi connectivity index (χ0) is 21.8. The van der Waals surface area contributed by atoms with E-state index < -0.39 is 0 Å². The van der Waals surface area contributed by atoms with Crippen LogP contribution in [0.1, 0.15) is 36.7 Å². The van der Waals surface area contributed by atoms with E-state index >= 15 is 0 Å². The molecule has 0 radical (unpaired) electrons. The second-order valence-electron chi connectivity index (χ2n) is 8.54. The van der Waals surface area contributed by atoms with Crippen molar-refractivity contribution >= 4 is 5.91 Å². The van der Waals surface area contributed by atoms with Gasteiger partial charge >= 0.3 is 0 Å².